The lowest BCUT2D eigenvalue weighted by Gasteiger charge is -2.46. The second-order valence-corrected chi connectivity index (χ2v) is 27.3. The van der Waals surface area contributed by atoms with Crippen molar-refractivity contribution >= 4 is 79.0 Å². The summed E-state index contributed by atoms with van der Waals surface area (Å²) in [5.74, 6) is 0. The highest BCUT2D eigenvalue weighted by Crippen LogP contribution is 2.56. The van der Waals surface area contributed by atoms with E-state index < -0.39 is 43.0 Å². The van der Waals surface area contributed by atoms with Gasteiger partial charge in [0.25, 0.3) is 6.71 Å². The molecule has 0 amide bonds. The summed E-state index contributed by atoms with van der Waals surface area (Å²) in [6.45, 7) is 12.7. The Bertz CT molecular complexity index is 5930. The number of nitrogens with zero attached hydrogens (tertiary/aromatic N) is 3. The van der Waals surface area contributed by atoms with E-state index in [1.807, 2.05) is 54.6 Å². The molecule has 0 bridgehead atoms. The van der Waals surface area contributed by atoms with Crippen LogP contribution >= 0.6 is 0 Å². The molecule has 3 nitrogen and oxygen atoms in total. The second-order valence-electron chi connectivity index (χ2n) is 27.3. The number of hydrogen-bond donors (Lipinski definition) is 0. The molecule has 0 unspecified atom stereocenters. The van der Waals surface area contributed by atoms with Gasteiger partial charge in [-0.3, -0.25) is 0 Å². The Morgan fingerprint density at radius 1 is 0.302 bits per heavy atom. The number of aromatic nitrogens is 1. The van der Waals surface area contributed by atoms with E-state index in [1.54, 1.807) is 0 Å². The van der Waals surface area contributed by atoms with Gasteiger partial charge in [0.05, 0.1) is 36.1 Å². The highest BCUT2D eigenvalue weighted by atomic mass is 15.2. The van der Waals surface area contributed by atoms with Gasteiger partial charge in [-0.2, -0.15) is 0 Å². The lowest BCUT2D eigenvalue weighted by atomic mass is 9.33. The molecule has 1 aromatic heterocycles. The van der Waals surface area contributed by atoms with Crippen LogP contribution in [0.3, 0.4) is 0 Å². The zero-order chi connectivity index (χ0) is 73.5. The fourth-order valence-electron chi connectivity index (χ4n) is 14.8. The van der Waals surface area contributed by atoms with Crippen LogP contribution in [0.2, 0.25) is 0 Å². The third-order valence-corrected chi connectivity index (χ3v) is 19.4. The monoisotopic (exact) mass is 1240 g/mol. The molecular weight excluding hydrogens is 1160 g/mol. The smallest absolute Gasteiger partial charge is 0.252 e. The van der Waals surface area contributed by atoms with Gasteiger partial charge in [-0.25, -0.2) is 0 Å². The van der Waals surface area contributed by atoms with Crippen LogP contribution in [-0.4, -0.2) is 11.3 Å². The van der Waals surface area contributed by atoms with Crippen molar-refractivity contribution in [3.63, 3.8) is 0 Å². The van der Waals surface area contributed by atoms with Crippen molar-refractivity contribution in [2.45, 2.75) is 52.4 Å². The van der Waals surface area contributed by atoms with E-state index in [2.05, 4.69) is 268 Å². The van der Waals surface area contributed by atoms with E-state index in [4.69, 9.17) is 8.22 Å². The molecule has 0 saturated carbocycles. The highest BCUT2D eigenvalue weighted by Gasteiger charge is 2.46. The van der Waals surface area contributed by atoms with E-state index in [1.165, 1.54) is 0 Å². The zero-order valence-corrected chi connectivity index (χ0v) is 54.3. The number of benzene rings is 14. The number of hydrogen-bond acceptors (Lipinski definition) is 2. The Hall–Kier alpha value is -11.5. The summed E-state index contributed by atoms with van der Waals surface area (Å²) in [4.78, 5) is 4.83. The van der Waals surface area contributed by atoms with Crippen molar-refractivity contribution in [2.24, 2.45) is 0 Å². The van der Waals surface area contributed by atoms with Crippen LogP contribution in [0.5, 0.6) is 0 Å². The predicted octanol–water partition coefficient (Wildman–Crippen LogP) is 23.1. The van der Waals surface area contributed by atoms with Crippen molar-refractivity contribution in [3.05, 3.63) is 338 Å². The first-order valence-corrected chi connectivity index (χ1v) is 32.9. The standard InChI is InChI=1S/C92H72BN3/c1-91(2,3)70-57-75(63-35-18-9-19-36-63)89(76(58-70)64-37-20-10-21-38-64)95-82-52-50-67(61-31-14-7-15-32-61)53-80(82)93-79-51-49-68(62-33-16-8-17-34-62)54-84(79)96(90-77(65-39-22-11-23-40-65)59-71(92(4,5)6)60-78(90)66-41-24-12-25-42-66)86-56-69(55-85(95)88(86)93)73-46-30-48-83-87(73)74-45-28-29-47-81(74)94(83)72-43-26-13-27-44-72/h7-60H,1-6H3/i7D,8D,14D,15D,16D,17D,31D,32D,33D,34D. The Kier molecular flexibility index (Phi) is 11.7. The van der Waals surface area contributed by atoms with Crippen LogP contribution in [-0.2, 0) is 10.8 Å². The third-order valence-electron chi connectivity index (χ3n) is 19.4. The van der Waals surface area contributed by atoms with E-state index in [-0.39, 0.29) is 46.1 Å². The highest BCUT2D eigenvalue weighted by molar-refractivity contribution is 7.00. The van der Waals surface area contributed by atoms with Crippen molar-refractivity contribution in [1.82, 2.24) is 4.57 Å². The minimum atomic E-state index is -0.713. The van der Waals surface area contributed by atoms with Gasteiger partial charge >= 0.3 is 0 Å². The fourth-order valence-corrected chi connectivity index (χ4v) is 14.8. The minimum absolute atomic E-state index is 0.0457. The van der Waals surface area contributed by atoms with Crippen LogP contribution < -0.4 is 26.2 Å². The molecule has 2 aliphatic rings. The third kappa shape index (κ3) is 9.89. The molecule has 458 valence electrons. The lowest BCUT2D eigenvalue weighted by Crippen LogP contribution is -2.61. The SMILES string of the molecule is [2H]c1c([2H])c([2H])c(-c2ccc3c(c2)B2c4ccc(-c5c([2H])c([2H])c([2H])c([2H])c5[2H])cc4N(c4c(-c5ccccc5)cc(C(C)(C)C)cc4-c4ccccc4)c4cc(-c5cccc6c5c5ccccc5n6-c5ccccc5)cc(c42)N3c2c(-c3ccccc3)cc(C(C)(C)C)cc2-c2ccccc2)c([2H])c1[2H]. The van der Waals surface area contributed by atoms with E-state index in [0.29, 0.717) is 16.8 Å². The van der Waals surface area contributed by atoms with Crippen LogP contribution in [0.1, 0.15) is 66.4 Å². The van der Waals surface area contributed by atoms with Gasteiger partial charge in [0.15, 0.2) is 0 Å². The maximum atomic E-state index is 9.66. The molecule has 2 aliphatic heterocycles. The van der Waals surface area contributed by atoms with Crippen LogP contribution in [0.15, 0.2) is 327 Å². The maximum Gasteiger partial charge on any atom is 0.252 e. The molecule has 3 heterocycles. The molecule has 14 aromatic carbocycles. The number of para-hydroxylation sites is 2. The van der Waals surface area contributed by atoms with E-state index in [0.717, 1.165) is 139 Å². The van der Waals surface area contributed by atoms with Gasteiger partial charge in [-0.15, -0.1) is 0 Å². The first-order chi connectivity index (χ1) is 51.1. The summed E-state index contributed by atoms with van der Waals surface area (Å²) in [6.07, 6.45) is 0. The molecule has 17 rings (SSSR count). The van der Waals surface area contributed by atoms with Crippen molar-refractivity contribution < 1.29 is 13.7 Å². The molecule has 0 radical (unpaired) electrons. The molecular formula is C92H72BN3. The van der Waals surface area contributed by atoms with E-state index in [9.17, 15) is 5.48 Å². The fraction of sp³-hybridized carbons (Fsp3) is 0.0870. The van der Waals surface area contributed by atoms with Gasteiger partial charge in [-0.05, 0) is 167 Å². The zero-order valence-electron chi connectivity index (χ0n) is 64.3. The normalized spacial score (nSPS) is 14.1. The van der Waals surface area contributed by atoms with Gasteiger partial charge in [0.2, 0.25) is 0 Å². The Balaban J connectivity index is 1.12. The van der Waals surface area contributed by atoms with Crippen LogP contribution in [0.4, 0.5) is 34.1 Å². The molecule has 0 atom stereocenters. The summed E-state index contributed by atoms with van der Waals surface area (Å²) in [6, 6.07) is 89.5. The maximum absolute atomic E-state index is 9.66. The average Bonchev–Trinajstić information content (AvgIpc) is 0.723. The Morgan fingerprint density at radius 2 is 0.719 bits per heavy atom. The number of anilines is 6. The molecule has 15 aromatic rings. The topological polar surface area (TPSA) is 11.4 Å². The largest absolute Gasteiger partial charge is 0.310 e. The average molecular weight is 1240 g/mol. The van der Waals surface area contributed by atoms with Crippen LogP contribution in [0, 0.1) is 0 Å². The van der Waals surface area contributed by atoms with Crippen LogP contribution in [0.25, 0.3) is 105 Å². The van der Waals surface area contributed by atoms with Gasteiger partial charge in [0, 0.05) is 61.5 Å². The van der Waals surface area contributed by atoms with E-state index >= 15 is 0 Å². The predicted molar refractivity (Wildman–Crippen MR) is 410 cm³/mol. The minimum Gasteiger partial charge on any atom is -0.310 e. The summed E-state index contributed by atoms with van der Waals surface area (Å²) in [5.41, 5.74) is 22.2. The molecule has 0 spiro atoms. The van der Waals surface area contributed by atoms with Crippen molar-refractivity contribution in [3.8, 4) is 83.6 Å². The van der Waals surface area contributed by atoms with Gasteiger partial charge in [0.1, 0.15) is 0 Å². The quantitative estimate of drug-likeness (QED) is 0.126. The van der Waals surface area contributed by atoms with Gasteiger partial charge in [-0.1, -0.05) is 296 Å². The van der Waals surface area contributed by atoms with Crippen molar-refractivity contribution in [1.29, 1.82) is 0 Å². The van der Waals surface area contributed by atoms with Crippen molar-refractivity contribution in [2.75, 3.05) is 9.80 Å². The summed E-state index contributed by atoms with van der Waals surface area (Å²) in [5, 5.41) is 2.09. The Morgan fingerprint density at radius 3 is 1.21 bits per heavy atom. The second kappa shape index (κ2) is 23.2. The first-order valence-electron chi connectivity index (χ1n) is 37.9. The summed E-state index contributed by atoms with van der Waals surface area (Å²) < 4.78 is 95.1. The molecule has 0 aliphatic carbocycles. The Labute approximate surface area is 578 Å². The molecule has 96 heavy (non-hydrogen) atoms. The van der Waals surface area contributed by atoms with Gasteiger partial charge < -0.3 is 14.4 Å². The molecule has 0 fully saturated rings. The number of rotatable bonds is 10. The molecule has 4 heteroatoms. The lowest BCUT2D eigenvalue weighted by molar-refractivity contribution is 0.590. The number of fused-ring (bicyclic) bond motifs is 7. The summed E-state index contributed by atoms with van der Waals surface area (Å²) in [7, 11) is 0. The molecule has 0 N–H and O–H groups in total. The first kappa shape index (κ1) is 48.3. The molecule has 0 saturated heterocycles. The summed E-state index contributed by atoms with van der Waals surface area (Å²) >= 11 is 0.